The van der Waals surface area contributed by atoms with Crippen LogP contribution >= 0.6 is 0 Å². The number of aromatic nitrogens is 3. The summed E-state index contributed by atoms with van der Waals surface area (Å²) in [6, 6.07) is 6.10. The lowest BCUT2D eigenvalue weighted by Gasteiger charge is -2.24. The first-order valence-electron chi connectivity index (χ1n) is 8.60. The molecule has 1 aromatic carbocycles. The zero-order valence-corrected chi connectivity index (χ0v) is 14.5. The number of hydrogen-bond donors (Lipinski definition) is 2. The maximum absolute atomic E-state index is 12.7. The van der Waals surface area contributed by atoms with E-state index in [4.69, 9.17) is 4.74 Å². The number of fused-ring (bicyclic) bond motifs is 1. The molecule has 0 amide bonds. The minimum atomic E-state index is -0.116. The van der Waals surface area contributed by atoms with Crippen LogP contribution in [-0.4, -0.2) is 40.3 Å². The zero-order chi connectivity index (χ0) is 17.4. The maximum Gasteiger partial charge on any atom is 0.259 e. The molecule has 1 unspecified atom stereocenters. The molecule has 2 N–H and O–H groups in total. The third kappa shape index (κ3) is 3.10. The Labute approximate surface area is 145 Å². The van der Waals surface area contributed by atoms with Gasteiger partial charge in [-0.3, -0.25) is 4.79 Å². The molecule has 130 valence electrons. The summed E-state index contributed by atoms with van der Waals surface area (Å²) in [5.74, 6) is 0.677. The van der Waals surface area contributed by atoms with Crippen molar-refractivity contribution in [2.24, 2.45) is 0 Å². The van der Waals surface area contributed by atoms with Crippen LogP contribution in [-0.2, 0) is 11.3 Å². The summed E-state index contributed by atoms with van der Waals surface area (Å²) in [4.78, 5) is 20.1. The van der Waals surface area contributed by atoms with E-state index in [1.165, 1.54) is 5.56 Å². The highest BCUT2D eigenvalue weighted by Gasteiger charge is 2.18. The number of nitrogens with one attached hydrogen (secondary N) is 2. The topological polar surface area (TPSA) is 71.9 Å². The number of benzene rings is 1. The molecule has 0 radical (unpaired) electrons. The van der Waals surface area contributed by atoms with E-state index in [9.17, 15) is 4.79 Å². The van der Waals surface area contributed by atoms with Gasteiger partial charge in [0.1, 0.15) is 5.82 Å². The quantitative estimate of drug-likeness (QED) is 0.766. The highest BCUT2D eigenvalue weighted by atomic mass is 16.5. The number of ether oxygens (including phenoxy) is 1. The van der Waals surface area contributed by atoms with E-state index in [1.54, 1.807) is 6.20 Å². The van der Waals surface area contributed by atoms with Crippen molar-refractivity contribution < 1.29 is 4.74 Å². The lowest BCUT2D eigenvalue weighted by Crippen LogP contribution is -2.40. The predicted molar refractivity (Wildman–Crippen MR) is 97.9 cm³/mol. The second kappa shape index (κ2) is 6.46. The van der Waals surface area contributed by atoms with Crippen molar-refractivity contribution in [1.82, 2.24) is 19.9 Å². The van der Waals surface area contributed by atoms with Gasteiger partial charge in [-0.05, 0) is 36.9 Å². The molecule has 25 heavy (non-hydrogen) atoms. The van der Waals surface area contributed by atoms with Crippen LogP contribution in [0, 0.1) is 13.8 Å². The first kappa shape index (κ1) is 16.1. The lowest BCUT2D eigenvalue weighted by molar-refractivity contribution is 0.0185. The van der Waals surface area contributed by atoms with Crippen LogP contribution in [0.1, 0.15) is 11.1 Å². The molecule has 1 aliphatic heterocycles. The monoisotopic (exact) mass is 338 g/mol. The van der Waals surface area contributed by atoms with Crippen LogP contribution in [0.5, 0.6) is 0 Å². The molecular formula is C19H22N4O2. The first-order valence-corrected chi connectivity index (χ1v) is 8.60. The Kier molecular flexibility index (Phi) is 4.15. The average Bonchev–Trinajstić information content (AvgIpc) is 3.04. The highest BCUT2D eigenvalue weighted by molar-refractivity contribution is 5.85. The van der Waals surface area contributed by atoms with Crippen molar-refractivity contribution in [2.75, 3.05) is 19.7 Å². The number of hydrogen-bond acceptors (Lipinski definition) is 4. The van der Waals surface area contributed by atoms with Gasteiger partial charge in [-0.15, -0.1) is 0 Å². The molecular weight excluding hydrogens is 316 g/mol. The van der Waals surface area contributed by atoms with E-state index >= 15 is 0 Å². The van der Waals surface area contributed by atoms with Gasteiger partial charge < -0.3 is 19.6 Å². The van der Waals surface area contributed by atoms with Crippen molar-refractivity contribution >= 4 is 10.9 Å². The summed E-state index contributed by atoms with van der Waals surface area (Å²) in [5, 5.41) is 4.35. The fraction of sp³-hybridized carbons (Fsp3) is 0.368. The van der Waals surface area contributed by atoms with Crippen LogP contribution in [0.25, 0.3) is 22.3 Å². The van der Waals surface area contributed by atoms with E-state index in [1.807, 2.05) is 23.8 Å². The zero-order valence-electron chi connectivity index (χ0n) is 14.5. The summed E-state index contributed by atoms with van der Waals surface area (Å²) in [6.07, 6.45) is 3.72. The van der Waals surface area contributed by atoms with E-state index in [2.05, 4.69) is 34.3 Å². The Bertz CT molecular complexity index is 967. The molecule has 1 atom stereocenters. The lowest BCUT2D eigenvalue weighted by atomic mass is 10.1. The van der Waals surface area contributed by atoms with Crippen LogP contribution in [0.2, 0.25) is 0 Å². The van der Waals surface area contributed by atoms with Crippen LogP contribution in [0.15, 0.2) is 35.4 Å². The second-order valence-corrected chi connectivity index (χ2v) is 6.66. The number of morpholine rings is 1. The molecule has 6 nitrogen and oxygen atoms in total. The summed E-state index contributed by atoms with van der Waals surface area (Å²) in [7, 11) is 0. The van der Waals surface area contributed by atoms with Crippen molar-refractivity contribution in [2.45, 2.75) is 26.5 Å². The SMILES string of the molecule is Cc1cc(C)c2[nH]c(=O)c(-c3nccn3CC3CNCCO3)cc2c1. The van der Waals surface area contributed by atoms with Gasteiger partial charge in [0.05, 0.1) is 30.3 Å². The van der Waals surface area contributed by atoms with Gasteiger partial charge in [-0.25, -0.2) is 4.98 Å². The van der Waals surface area contributed by atoms with Gasteiger partial charge in [-0.2, -0.15) is 0 Å². The first-order chi connectivity index (χ1) is 12.1. The van der Waals surface area contributed by atoms with Crippen LogP contribution in [0.4, 0.5) is 0 Å². The molecule has 3 aromatic rings. The van der Waals surface area contributed by atoms with E-state index < -0.39 is 0 Å². The van der Waals surface area contributed by atoms with Gasteiger partial charge in [-0.1, -0.05) is 11.6 Å². The Morgan fingerprint density at radius 3 is 3.00 bits per heavy atom. The third-order valence-electron chi connectivity index (χ3n) is 4.65. The summed E-state index contributed by atoms with van der Waals surface area (Å²) in [6.45, 7) is 7.15. The molecule has 6 heteroatoms. The number of aryl methyl sites for hydroxylation is 2. The van der Waals surface area contributed by atoms with Gasteiger partial charge in [0.2, 0.25) is 0 Å². The fourth-order valence-electron chi connectivity index (χ4n) is 3.51. The molecule has 2 aromatic heterocycles. The third-order valence-corrected chi connectivity index (χ3v) is 4.65. The summed E-state index contributed by atoms with van der Waals surface area (Å²) in [5.41, 5.74) is 3.61. The predicted octanol–water partition coefficient (Wildman–Crippen LogP) is 2.00. The van der Waals surface area contributed by atoms with Crippen LogP contribution in [0.3, 0.4) is 0 Å². The van der Waals surface area contributed by atoms with Crippen LogP contribution < -0.4 is 10.9 Å². The molecule has 0 aliphatic carbocycles. The minimum absolute atomic E-state index is 0.0886. The number of H-pyrrole nitrogens is 1. The van der Waals surface area contributed by atoms with E-state index in [-0.39, 0.29) is 11.7 Å². The molecule has 0 saturated carbocycles. The second-order valence-electron chi connectivity index (χ2n) is 6.66. The van der Waals surface area contributed by atoms with Crippen molar-refractivity contribution in [3.8, 4) is 11.4 Å². The molecule has 1 fully saturated rings. The molecule has 4 rings (SSSR count). The molecule has 3 heterocycles. The Balaban J connectivity index is 1.76. The summed E-state index contributed by atoms with van der Waals surface area (Å²) >= 11 is 0. The van der Waals surface area contributed by atoms with Gasteiger partial charge >= 0.3 is 0 Å². The standard InChI is InChI=1S/C19H22N4O2/c1-12-7-13(2)17-14(8-12)9-16(19(24)22-17)18-21-3-5-23(18)11-15-10-20-4-6-25-15/h3,5,7-9,15,20H,4,6,10-11H2,1-2H3,(H,22,24). The van der Waals surface area contributed by atoms with Crippen molar-refractivity contribution in [1.29, 1.82) is 0 Å². The number of imidazole rings is 1. The smallest absolute Gasteiger partial charge is 0.259 e. The number of aromatic amines is 1. The van der Waals surface area contributed by atoms with Gasteiger partial charge in [0.15, 0.2) is 0 Å². The highest BCUT2D eigenvalue weighted by Crippen LogP contribution is 2.22. The minimum Gasteiger partial charge on any atom is -0.374 e. The number of nitrogens with zero attached hydrogens (tertiary/aromatic N) is 2. The molecule has 1 aliphatic rings. The molecule has 0 spiro atoms. The van der Waals surface area contributed by atoms with E-state index in [0.717, 1.165) is 29.6 Å². The Hall–Kier alpha value is -2.44. The van der Waals surface area contributed by atoms with Crippen molar-refractivity contribution in [3.05, 3.63) is 52.1 Å². The summed E-state index contributed by atoms with van der Waals surface area (Å²) < 4.78 is 7.77. The average molecular weight is 338 g/mol. The molecule has 1 saturated heterocycles. The Morgan fingerprint density at radius 2 is 2.20 bits per heavy atom. The maximum atomic E-state index is 12.7. The number of pyridine rings is 1. The molecule has 0 bridgehead atoms. The largest absolute Gasteiger partial charge is 0.374 e. The van der Waals surface area contributed by atoms with Gasteiger partial charge in [0, 0.05) is 25.5 Å². The normalized spacial score (nSPS) is 17.9. The van der Waals surface area contributed by atoms with Crippen molar-refractivity contribution in [3.63, 3.8) is 0 Å². The van der Waals surface area contributed by atoms with E-state index in [0.29, 0.717) is 24.5 Å². The fourth-order valence-corrected chi connectivity index (χ4v) is 3.51. The number of rotatable bonds is 3. The van der Waals surface area contributed by atoms with Gasteiger partial charge in [0.25, 0.3) is 5.56 Å². The Morgan fingerprint density at radius 1 is 1.32 bits per heavy atom.